The van der Waals surface area contributed by atoms with Crippen molar-refractivity contribution >= 4 is 11.6 Å². The minimum atomic E-state index is -0.471. The van der Waals surface area contributed by atoms with Gasteiger partial charge in [-0.3, -0.25) is 4.98 Å². The predicted molar refractivity (Wildman–Crippen MR) is 56.2 cm³/mol. The van der Waals surface area contributed by atoms with Gasteiger partial charge in [-0.15, -0.1) is 0 Å². The van der Waals surface area contributed by atoms with Gasteiger partial charge in [0.2, 0.25) is 5.95 Å². The van der Waals surface area contributed by atoms with Crippen molar-refractivity contribution in [2.45, 2.75) is 6.42 Å². The Kier molecular flexibility index (Phi) is 2.92. The van der Waals surface area contributed by atoms with Crippen LogP contribution in [0.5, 0.6) is 0 Å². The van der Waals surface area contributed by atoms with Crippen LogP contribution in [0.4, 0.5) is 4.39 Å². The SMILES string of the molecule is Fc1cccc(Cc2ccc(Cl)cn2)n1. The van der Waals surface area contributed by atoms with Crippen LogP contribution in [-0.4, -0.2) is 9.97 Å². The molecule has 0 aliphatic rings. The summed E-state index contributed by atoms with van der Waals surface area (Å²) in [6, 6.07) is 8.27. The molecule has 0 radical (unpaired) electrons. The van der Waals surface area contributed by atoms with E-state index in [0.29, 0.717) is 17.1 Å². The second-order valence-electron chi connectivity index (χ2n) is 3.10. The Morgan fingerprint density at radius 2 is 2.00 bits per heavy atom. The zero-order chi connectivity index (χ0) is 10.7. The predicted octanol–water partition coefficient (Wildman–Crippen LogP) is 2.86. The van der Waals surface area contributed by atoms with Crippen molar-refractivity contribution in [3.63, 3.8) is 0 Å². The molecule has 0 atom stereocenters. The highest BCUT2D eigenvalue weighted by Crippen LogP contribution is 2.09. The van der Waals surface area contributed by atoms with Crippen LogP contribution in [0.1, 0.15) is 11.4 Å². The molecule has 0 bridgehead atoms. The lowest BCUT2D eigenvalue weighted by molar-refractivity contribution is 0.578. The third kappa shape index (κ3) is 2.73. The summed E-state index contributed by atoms with van der Waals surface area (Å²) in [7, 11) is 0. The molecule has 0 fully saturated rings. The molecule has 0 saturated heterocycles. The minimum absolute atomic E-state index is 0.471. The Hall–Kier alpha value is -1.48. The Labute approximate surface area is 91.8 Å². The van der Waals surface area contributed by atoms with Crippen LogP contribution < -0.4 is 0 Å². The van der Waals surface area contributed by atoms with E-state index in [-0.39, 0.29) is 0 Å². The van der Waals surface area contributed by atoms with Crippen LogP contribution in [0, 0.1) is 5.95 Å². The summed E-state index contributed by atoms with van der Waals surface area (Å²) >= 11 is 5.70. The lowest BCUT2D eigenvalue weighted by atomic mass is 10.2. The summed E-state index contributed by atoms with van der Waals surface area (Å²) in [5, 5.41) is 0.589. The number of halogens is 2. The molecule has 76 valence electrons. The van der Waals surface area contributed by atoms with Crippen LogP contribution in [0.15, 0.2) is 36.5 Å². The maximum Gasteiger partial charge on any atom is 0.213 e. The Morgan fingerprint density at radius 1 is 1.13 bits per heavy atom. The quantitative estimate of drug-likeness (QED) is 0.731. The highest BCUT2D eigenvalue weighted by molar-refractivity contribution is 6.30. The highest BCUT2D eigenvalue weighted by Gasteiger charge is 2.00. The molecular weight excluding hydrogens is 215 g/mol. The number of nitrogens with zero attached hydrogens (tertiary/aromatic N) is 2. The van der Waals surface area contributed by atoms with Gasteiger partial charge < -0.3 is 0 Å². The lowest BCUT2D eigenvalue weighted by Gasteiger charge is -2.00. The fraction of sp³-hybridized carbons (Fsp3) is 0.0909. The van der Waals surface area contributed by atoms with Gasteiger partial charge in [0.1, 0.15) is 0 Å². The normalized spacial score (nSPS) is 10.3. The van der Waals surface area contributed by atoms with Crippen molar-refractivity contribution < 1.29 is 4.39 Å². The fourth-order valence-corrected chi connectivity index (χ4v) is 1.36. The maximum atomic E-state index is 12.8. The van der Waals surface area contributed by atoms with Gasteiger partial charge in [-0.05, 0) is 24.3 Å². The van der Waals surface area contributed by atoms with Gasteiger partial charge >= 0.3 is 0 Å². The monoisotopic (exact) mass is 222 g/mol. The summed E-state index contributed by atoms with van der Waals surface area (Å²) in [6.07, 6.45) is 2.07. The van der Waals surface area contributed by atoms with Crippen LogP contribution in [0.3, 0.4) is 0 Å². The zero-order valence-electron chi connectivity index (χ0n) is 7.82. The Bertz CT molecular complexity index is 456. The van der Waals surface area contributed by atoms with Crippen molar-refractivity contribution in [1.82, 2.24) is 9.97 Å². The number of pyridine rings is 2. The van der Waals surface area contributed by atoms with E-state index in [4.69, 9.17) is 11.6 Å². The molecule has 15 heavy (non-hydrogen) atoms. The Balaban J connectivity index is 2.18. The van der Waals surface area contributed by atoms with E-state index in [1.54, 1.807) is 30.5 Å². The van der Waals surface area contributed by atoms with Gasteiger partial charge in [-0.25, -0.2) is 4.98 Å². The molecule has 0 spiro atoms. The number of hydrogen-bond acceptors (Lipinski definition) is 2. The summed E-state index contributed by atoms with van der Waals surface area (Å²) in [4.78, 5) is 7.86. The standard InChI is InChI=1S/C11H8ClFN2/c12-8-4-5-9(14-7-8)6-10-2-1-3-11(13)15-10/h1-5,7H,6H2. The zero-order valence-corrected chi connectivity index (χ0v) is 8.58. The third-order valence-electron chi connectivity index (χ3n) is 1.92. The van der Waals surface area contributed by atoms with E-state index >= 15 is 0 Å². The fourth-order valence-electron chi connectivity index (χ4n) is 1.25. The second-order valence-corrected chi connectivity index (χ2v) is 3.53. The minimum Gasteiger partial charge on any atom is -0.259 e. The molecule has 0 aliphatic heterocycles. The summed E-state index contributed by atoms with van der Waals surface area (Å²) < 4.78 is 12.8. The second kappa shape index (κ2) is 4.36. The van der Waals surface area contributed by atoms with Gasteiger partial charge in [0.05, 0.1) is 5.02 Å². The molecule has 4 heteroatoms. The van der Waals surface area contributed by atoms with Gasteiger partial charge in [0, 0.05) is 24.0 Å². The largest absolute Gasteiger partial charge is 0.259 e. The number of aromatic nitrogens is 2. The van der Waals surface area contributed by atoms with Crippen LogP contribution >= 0.6 is 11.6 Å². The topological polar surface area (TPSA) is 25.8 Å². The van der Waals surface area contributed by atoms with E-state index < -0.39 is 5.95 Å². The van der Waals surface area contributed by atoms with Crippen molar-refractivity contribution in [2.75, 3.05) is 0 Å². The molecule has 0 aromatic carbocycles. The van der Waals surface area contributed by atoms with E-state index in [1.165, 1.54) is 6.07 Å². The molecule has 0 amide bonds. The molecule has 0 aliphatic carbocycles. The maximum absolute atomic E-state index is 12.8. The van der Waals surface area contributed by atoms with Crippen LogP contribution in [0.2, 0.25) is 5.02 Å². The molecule has 2 nitrogen and oxygen atoms in total. The molecule has 0 unspecified atom stereocenters. The average Bonchev–Trinajstić information content (AvgIpc) is 2.22. The number of hydrogen-bond donors (Lipinski definition) is 0. The van der Waals surface area contributed by atoms with Gasteiger partial charge in [-0.2, -0.15) is 4.39 Å². The summed E-state index contributed by atoms with van der Waals surface area (Å²) in [5.41, 5.74) is 1.47. The van der Waals surface area contributed by atoms with E-state index in [1.807, 2.05) is 0 Å². The van der Waals surface area contributed by atoms with Gasteiger partial charge in [0.15, 0.2) is 0 Å². The number of rotatable bonds is 2. The van der Waals surface area contributed by atoms with Crippen LogP contribution in [0.25, 0.3) is 0 Å². The summed E-state index contributed by atoms with van der Waals surface area (Å²) in [5.74, 6) is -0.471. The Morgan fingerprint density at radius 3 is 2.67 bits per heavy atom. The van der Waals surface area contributed by atoms with Crippen LogP contribution in [-0.2, 0) is 6.42 Å². The molecule has 2 heterocycles. The first kappa shape index (κ1) is 10.1. The van der Waals surface area contributed by atoms with Crippen molar-refractivity contribution in [3.8, 4) is 0 Å². The molecule has 2 aromatic rings. The van der Waals surface area contributed by atoms with E-state index in [0.717, 1.165) is 5.69 Å². The molecule has 2 rings (SSSR count). The first-order valence-electron chi connectivity index (χ1n) is 4.46. The van der Waals surface area contributed by atoms with Crippen molar-refractivity contribution in [2.24, 2.45) is 0 Å². The lowest BCUT2D eigenvalue weighted by Crippen LogP contribution is -1.95. The van der Waals surface area contributed by atoms with Crippen molar-refractivity contribution in [1.29, 1.82) is 0 Å². The molecule has 0 saturated carbocycles. The molecular formula is C11H8ClFN2. The van der Waals surface area contributed by atoms with Crippen molar-refractivity contribution in [3.05, 3.63) is 58.9 Å². The molecule has 0 N–H and O–H groups in total. The van der Waals surface area contributed by atoms with Gasteiger partial charge in [-0.1, -0.05) is 17.7 Å². The highest BCUT2D eigenvalue weighted by atomic mass is 35.5. The van der Waals surface area contributed by atoms with E-state index in [9.17, 15) is 4.39 Å². The van der Waals surface area contributed by atoms with E-state index in [2.05, 4.69) is 9.97 Å². The first-order chi connectivity index (χ1) is 7.24. The average molecular weight is 223 g/mol. The summed E-state index contributed by atoms with van der Waals surface area (Å²) in [6.45, 7) is 0. The third-order valence-corrected chi connectivity index (χ3v) is 2.15. The first-order valence-corrected chi connectivity index (χ1v) is 4.84. The van der Waals surface area contributed by atoms with Gasteiger partial charge in [0.25, 0.3) is 0 Å². The molecule has 2 aromatic heterocycles. The smallest absolute Gasteiger partial charge is 0.213 e.